The molecular weight excluding hydrogens is 156 g/mol. The summed E-state index contributed by atoms with van der Waals surface area (Å²) in [6, 6.07) is 0. The van der Waals surface area contributed by atoms with Crippen LogP contribution in [0.1, 0.15) is 32.6 Å². The van der Waals surface area contributed by atoms with Crippen molar-refractivity contribution in [1.82, 2.24) is 0 Å². The molecule has 0 aliphatic rings. The number of hydrogen-bond donors (Lipinski definition) is 0. The molecule has 0 aromatic heterocycles. The zero-order chi connectivity index (χ0) is 8.36. The third-order valence-corrected chi connectivity index (χ3v) is 2.24. The Morgan fingerprint density at radius 1 is 1.27 bits per heavy atom. The second kappa shape index (κ2) is 9.76. The highest BCUT2D eigenvalue weighted by Gasteiger charge is 1.85. The molecule has 0 N–H and O–H groups in total. The minimum absolute atomic E-state index is 0.818. The van der Waals surface area contributed by atoms with Crippen molar-refractivity contribution < 1.29 is 4.79 Å². The summed E-state index contributed by atoms with van der Waals surface area (Å²) < 4.78 is 0. The van der Waals surface area contributed by atoms with Crippen LogP contribution in [0.4, 0.5) is 0 Å². The van der Waals surface area contributed by atoms with Crippen LogP contribution in [0.25, 0.3) is 0 Å². The highest BCUT2D eigenvalue weighted by atomic mass is 32.2. The molecule has 0 aliphatic heterocycles. The van der Waals surface area contributed by atoms with Gasteiger partial charge in [0.05, 0.1) is 0 Å². The first-order chi connectivity index (χ1) is 5.41. The Hall–Kier alpha value is -0.240. The number of rotatable bonds is 7. The van der Waals surface area contributed by atoms with Crippen LogP contribution in [-0.2, 0) is 4.79 Å². The zero-order valence-corrected chi connectivity index (χ0v) is 7.90. The molecule has 0 spiro atoms. The Labute approximate surface area is 73.3 Å². The van der Waals surface area contributed by atoms with Crippen LogP contribution in [0.3, 0.4) is 0 Å². The largest absolute Gasteiger partial charge is 0.299 e. The van der Waals surface area contributed by atoms with Crippen molar-refractivity contribution in [2.45, 2.75) is 32.6 Å². The number of thioether (sulfide) groups is 1. The number of hydrogen-bond acceptors (Lipinski definition) is 2. The van der Waals surface area contributed by atoms with Crippen LogP contribution < -0.4 is 0 Å². The first-order valence-electron chi connectivity index (χ1n) is 4.13. The van der Waals surface area contributed by atoms with Gasteiger partial charge in [-0.25, -0.2) is 0 Å². The summed E-state index contributed by atoms with van der Waals surface area (Å²) in [5.74, 6) is 1.14. The minimum atomic E-state index is 0.818. The van der Waals surface area contributed by atoms with Gasteiger partial charge in [0.1, 0.15) is 6.29 Å². The number of carbonyl (C=O) groups is 1. The smallest absolute Gasteiger partial charge is 0.143 e. The number of carbonyl (C=O) groups excluding carboxylic acids is 1. The van der Waals surface area contributed by atoms with E-state index in [9.17, 15) is 4.79 Å². The third-order valence-electron chi connectivity index (χ3n) is 1.37. The molecule has 0 atom stereocenters. The molecule has 0 amide bonds. The summed E-state index contributed by atoms with van der Waals surface area (Å²) in [6.45, 7) is 2.21. The fourth-order valence-electron chi connectivity index (χ4n) is 0.768. The minimum Gasteiger partial charge on any atom is -0.299 e. The summed E-state index contributed by atoms with van der Waals surface area (Å²) in [5, 5.41) is 1.86. The van der Waals surface area contributed by atoms with Gasteiger partial charge in [0.25, 0.3) is 0 Å². The fraction of sp³-hybridized carbons (Fsp3) is 0.667. The zero-order valence-electron chi connectivity index (χ0n) is 7.08. The number of aldehydes is 1. The van der Waals surface area contributed by atoms with E-state index >= 15 is 0 Å². The van der Waals surface area contributed by atoms with E-state index in [1.54, 1.807) is 17.8 Å². The number of allylic oxidation sites excluding steroid dienone is 1. The van der Waals surface area contributed by atoms with E-state index in [1.807, 2.05) is 5.41 Å². The van der Waals surface area contributed by atoms with E-state index < -0.39 is 0 Å². The van der Waals surface area contributed by atoms with Crippen LogP contribution in [0.15, 0.2) is 11.5 Å². The molecule has 0 saturated carbocycles. The lowest BCUT2D eigenvalue weighted by atomic mass is 10.2. The maximum Gasteiger partial charge on any atom is 0.143 e. The third kappa shape index (κ3) is 9.76. The summed E-state index contributed by atoms with van der Waals surface area (Å²) in [7, 11) is 0. The van der Waals surface area contributed by atoms with Crippen LogP contribution in [0.5, 0.6) is 0 Å². The SMILES string of the molecule is CCCCCCSC=CC=O. The molecule has 2 heteroatoms. The molecular formula is C9H16OS. The van der Waals surface area contributed by atoms with Gasteiger partial charge in [-0.05, 0) is 23.7 Å². The highest BCUT2D eigenvalue weighted by Crippen LogP contribution is 2.07. The highest BCUT2D eigenvalue weighted by molar-refractivity contribution is 8.02. The molecule has 0 unspecified atom stereocenters. The molecule has 0 rings (SSSR count). The Morgan fingerprint density at radius 3 is 2.73 bits per heavy atom. The van der Waals surface area contributed by atoms with Crippen LogP contribution in [-0.4, -0.2) is 12.0 Å². The van der Waals surface area contributed by atoms with E-state index in [-0.39, 0.29) is 0 Å². The lowest BCUT2D eigenvalue weighted by Crippen LogP contribution is -1.77. The van der Waals surface area contributed by atoms with Gasteiger partial charge >= 0.3 is 0 Å². The lowest BCUT2D eigenvalue weighted by molar-refractivity contribution is -0.104. The molecule has 1 nitrogen and oxygen atoms in total. The van der Waals surface area contributed by atoms with Gasteiger partial charge in [0, 0.05) is 0 Å². The maximum atomic E-state index is 9.84. The lowest BCUT2D eigenvalue weighted by Gasteiger charge is -1.94. The van der Waals surface area contributed by atoms with Crippen LogP contribution >= 0.6 is 11.8 Å². The average Bonchev–Trinajstić information content (AvgIpc) is 2.03. The first kappa shape index (κ1) is 10.8. The van der Waals surface area contributed by atoms with Crippen molar-refractivity contribution in [2.75, 3.05) is 5.75 Å². The van der Waals surface area contributed by atoms with E-state index in [0.717, 1.165) is 12.0 Å². The Bertz CT molecular complexity index is 110. The van der Waals surface area contributed by atoms with Gasteiger partial charge in [-0.3, -0.25) is 4.79 Å². The Kier molecular flexibility index (Phi) is 9.55. The molecule has 0 bridgehead atoms. The van der Waals surface area contributed by atoms with Crippen molar-refractivity contribution in [2.24, 2.45) is 0 Å². The fourth-order valence-corrected chi connectivity index (χ4v) is 1.45. The van der Waals surface area contributed by atoms with Crippen LogP contribution in [0.2, 0.25) is 0 Å². The van der Waals surface area contributed by atoms with Crippen molar-refractivity contribution >= 4 is 18.0 Å². The molecule has 0 aromatic rings. The van der Waals surface area contributed by atoms with E-state index in [1.165, 1.54) is 25.7 Å². The molecule has 0 heterocycles. The molecule has 0 aliphatic carbocycles. The predicted molar refractivity (Wildman–Crippen MR) is 51.8 cm³/mol. The monoisotopic (exact) mass is 172 g/mol. The Balaban J connectivity index is 2.90. The standard InChI is InChI=1S/C9H16OS/c1-2-3-4-5-8-11-9-6-7-10/h6-7,9H,2-5,8H2,1H3. The summed E-state index contributed by atoms with van der Waals surface area (Å²) in [6.07, 6.45) is 7.57. The maximum absolute atomic E-state index is 9.84. The molecule has 0 saturated heterocycles. The van der Waals surface area contributed by atoms with Crippen molar-refractivity contribution in [3.05, 3.63) is 11.5 Å². The topological polar surface area (TPSA) is 17.1 Å². The van der Waals surface area contributed by atoms with Gasteiger partial charge in [-0.15, -0.1) is 11.8 Å². The van der Waals surface area contributed by atoms with Gasteiger partial charge in [0.15, 0.2) is 0 Å². The summed E-state index contributed by atoms with van der Waals surface area (Å²) in [5.41, 5.74) is 0. The average molecular weight is 172 g/mol. The molecule has 0 fully saturated rings. The van der Waals surface area contributed by atoms with Gasteiger partial charge < -0.3 is 0 Å². The van der Waals surface area contributed by atoms with E-state index in [4.69, 9.17) is 0 Å². The summed E-state index contributed by atoms with van der Waals surface area (Å²) in [4.78, 5) is 9.84. The van der Waals surface area contributed by atoms with Gasteiger partial charge in [-0.1, -0.05) is 26.2 Å². The van der Waals surface area contributed by atoms with Crippen molar-refractivity contribution in [3.63, 3.8) is 0 Å². The van der Waals surface area contributed by atoms with E-state index in [2.05, 4.69) is 6.92 Å². The predicted octanol–water partition coefficient (Wildman–Crippen LogP) is 3.01. The van der Waals surface area contributed by atoms with Crippen molar-refractivity contribution in [1.29, 1.82) is 0 Å². The van der Waals surface area contributed by atoms with Gasteiger partial charge in [-0.2, -0.15) is 0 Å². The second-order valence-corrected chi connectivity index (χ2v) is 3.41. The molecule has 0 aromatic carbocycles. The summed E-state index contributed by atoms with van der Waals surface area (Å²) >= 11 is 1.72. The first-order valence-corrected chi connectivity index (χ1v) is 5.18. The normalized spacial score (nSPS) is 10.6. The van der Waals surface area contributed by atoms with Gasteiger partial charge in [0.2, 0.25) is 0 Å². The molecule has 11 heavy (non-hydrogen) atoms. The quantitative estimate of drug-likeness (QED) is 0.333. The molecule has 64 valence electrons. The van der Waals surface area contributed by atoms with Crippen molar-refractivity contribution in [3.8, 4) is 0 Å². The second-order valence-electron chi connectivity index (χ2n) is 2.40. The van der Waals surface area contributed by atoms with Crippen LogP contribution in [0, 0.1) is 0 Å². The van der Waals surface area contributed by atoms with E-state index in [0.29, 0.717) is 0 Å². The molecule has 0 radical (unpaired) electrons. The number of unbranched alkanes of at least 4 members (excludes halogenated alkanes) is 3. The Morgan fingerprint density at radius 2 is 2.09 bits per heavy atom.